The van der Waals surface area contributed by atoms with Gasteiger partial charge in [0.15, 0.2) is 0 Å². The van der Waals surface area contributed by atoms with E-state index in [1.165, 1.54) is 25.9 Å². The highest BCUT2D eigenvalue weighted by atomic mass is 16.3. The third kappa shape index (κ3) is 7.32. The van der Waals surface area contributed by atoms with Crippen molar-refractivity contribution in [3.8, 4) is 0 Å². The van der Waals surface area contributed by atoms with Crippen LogP contribution in [-0.2, 0) is 6.42 Å². The van der Waals surface area contributed by atoms with Crippen molar-refractivity contribution in [2.24, 2.45) is 5.92 Å². The molecule has 0 radical (unpaired) electrons. The van der Waals surface area contributed by atoms with Crippen LogP contribution in [0.5, 0.6) is 0 Å². The van der Waals surface area contributed by atoms with Crippen LogP contribution in [0.15, 0.2) is 30.3 Å². The van der Waals surface area contributed by atoms with Gasteiger partial charge in [0.2, 0.25) is 0 Å². The van der Waals surface area contributed by atoms with E-state index in [0.29, 0.717) is 13.0 Å². The van der Waals surface area contributed by atoms with E-state index in [0.717, 1.165) is 24.4 Å². The molecule has 2 amide bonds. The summed E-state index contributed by atoms with van der Waals surface area (Å²) in [5, 5.41) is 15.6. The molecule has 1 atom stereocenters. The number of rotatable bonds is 8. The van der Waals surface area contributed by atoms with E-state index >= 15 is 0 Å². The van der Waals surface area contributed by atoms with Gasteiger partial charge in [-0.3, -0.25) is 0 Å². The van der Waals surface area contributed by atoms with Crippen LogP contribution in [0.4, 0.5) is 4.79 Å². The molecule has 1 heterocycles. The van der Waals surface area contributed by atoms with Crippen molar-refractivity contribution in [1.82, 2.24) is 15.5 Å². The van der Waals surface area contributed by atoms with Gasteiger partial charge < -0.3 is 20.6 Å². The third-order valence-electron chi connectivity index (χ3n) is 4.63. The quantitative estimate of drug-likeness (QED) is 0.638. The number of benzene rings is 1. The molecule has 3 N–H and O–H groups in total. The summed E-state index contributed by atoms with van der Waals surface area (Å²) < 4.78 is 0. The van der Waals surface area contributed by atoms with Gasteiger partial charge in [-0.05, 0) is 50.4 Å². The lowest BCUT2D eigenvalue weighted by Gasteiger charge is -2.30. The predicted molar refractivity (Wildman–Crippen MR) is 97.0 cm³/mol. The van der Waals surface area contributed by atoms with Crippen LogP contribution in [0, 0.1) is 5.92 Å². The molecule has 0 spiro atoms. The van der Waals surface area contributed by atoms with Gasteiger partial charge in [0, 0.05) is 19.5 Å². The first-order valence-electron chi connectivity index (χ1n) is 9.09. The van der Waals surface area contributed by atoms with Crippen LogP contribution >= 0.6 is 0 Å². The van der Waals surface area contributed by atoms with Crippen LogP contribution in [0.1, 0.15) is 31.7 Å². The summed E-state index contributed by atoms with van der Waals surface area (Å²) in [5.74, 6) is 0.854. The van der Waals surface area contributed by atoms with E-state index in [1.807, 2.05) is 30.3 Å². The van der Waals surface area contributed by atoms with E-state index in [4.69, 9.17) is 0 Å². The minimum Gasteiger partial charge on any atom is -0.391 e. The first kappa shape index (κ1) is 18.7. The Morgan fingerprint density at radius 2 is 1.96 bits per heavy atom. The normalized spacial score (nSPS) is 17.4. The average Bonchev–Trinajstić information content (AvgIpc) is 2.59. The molecule has 5 heteroatoms. The third-order valence-corrected chi connectivity index (χ3v) is 4.63. The second kappa shape index (κ2) is 10.3. The van der Waals surface area contributed by atoms with E-state index in [-0.39, 0.29) is 12.6 Å². The number of hydrogen-bond acceptors (Lipinski definition) is 3. The summed E-state index contributed by atoms with van der Waals surface area (Å²) in [6.07, 6.45) is 3.53. The fraction of sp³-hybridized carbons (Fsp3) is 0.632. The number of carbonyl (C=O) groups excluding carboxylic acids is 1. The van der Waals surface area contributed by atoms with Crippen molar-refractivity contribution in [3.63, 3.8) is 0 Å². The maximum atomic E-state index is 11.7. The molecule has 1 fully saturated rings. The molecule has 1 aliphatic rings. The number of nitrogens with one attached hydrogen (secondary N) is 2. The zero-order valence-corrected chi connectivity index (χ0v) is 14.7. The molecule has 2 rings (SSSR count). The number of nitrogens with zero attached hydrogens (tertiary/aromatic N) is 1. The van der Waals surface area contributed by atoms with Crippen molar-refractivity contribution in [2.45, 2.75) is 38.7 Å². The number of piperidine rings is 1. The van der Waals surface area contributed by atoms with Crippen molar-refractivity contribution >= 4 is 6.03 Å². The molecule has 1 aromatic carbocycles. The lowest BCUT2D eigenvalue weighted by molar-refractivity contribution is 0.170. The zero-order chi connectivity index (χ0) is 17.2. The number of urea groups is 1. The molecule has 0 saturated carbocycles. The maximum absolute atomic E-state index is 11.7. The number of aliphatic hydroxyl groups is 1. The Hall–Kier alpha value is -1.59. The molecule has 1 aromatic rings. The summed E-state index contributed by atoms with van der Waals surface area (Å²) in [4.78, 5) is 14.2. The summed E-state index contributed by atoms with van der Waals surface area (Å²) in [7, 11) is 0. The fourth-order valence-corrected chi connectivity index (χ4v) is 3.02. The first-order chi connectivity index (χ1) is 11.6. The molecule has 0 aliphatic carbocycles. The molecule has 24 heavy (non-hydrogen) atoms. The predicted octanol–water partition coefficient (Wildman–Crippen LogP) is 2.01. The van der Waals surface area contributed by atoms with Crippen molar-refractivity contribution in [1.29, 1.82) is 0 Å². The lowest BCUT2D eigenvalue weighted by atomic mass is 9.99. The summed E-state index contributed by atoms with van der Waals surface area (Å²) in [6.45, 7) is 6.66. The van der Waals surface area contributed by atoms with Crippen LogP contribution < -0.4 is 10.6 Å². The Kier molecular flexibility index (Phi) is 8.05. The fourth-order valence-electron chi connectivity index (χ4n) is 3.02. The number of hydrogen-bond donors (Lipinski definition) is 3. The standard InChI is InChI=1S/C19H31N3O2/c1-16-8-12-22(13-9-16)11-5-10-20-19(24)21-15-18(23)14-17-6-3-2-4-7-17/h2-4,6-7,16,18,23H,5,8-15H2,1H3,(H2,20,21,24). The first-order valence-corrected chi connectivity index (χ1v) is 9.09. The van der Waals surface area contributed by atoms with Gasteiger partial charge >= 0.3 is 6.03 Å². The molecule has 1 saturated heterocycles. The summed E-state index contributed by atoms with van der Waals surface area (Å²) in [5.41, 5.74) is 1.07. The van der Waals surface area contributed by atoms with Gasteiger partial charge in [0.05, 0.1) is 6.10 Å². The Bertz CT molecular complexity index is 473. The maximum Gasteiger partial charge on any atom is 0.314 e. The van der Waals surface area contributed by atoms with Gasteiger partial charge in [-0.25, -0.2) is 4.79 Å². The van der Waals surface area contributed by atoms with Crippen LogP contribution in [-0.4, -0.2) is 54.9 Å². The van der Waals surface area contributed by atoms with Gasteiger partial charge in [-0.15, -0.1) is 0 Å². The topological polar surface area (TPSA) is 64.6 Å². The molecule has 5 nitrogen and oxygen atoms in total. The molecular weight excluding hydrogens is 302 g/mol. The Balaban J connectivity index is 1.50. The molecule has 0 aromatic heterocycles. The van der Waals surface area contributed by atoms with Crippen molar-refractivity contribution < 1.29 is 9.90 Å². The van der Waals surface area contributed by atoms with Crippen LogP contribution in [0.25, 0.3) is 0 Å². The van der Waals surface area contributed by atoms with E-state index in [2.05, 4.69) is 22.5 Å². The van der Waals surface area contributed by atoms with Gasteiger partial charge in [-0.1, -0.05) is 37.3 Å². The van der Waals surface area contributed by atoms with Crippen molar-refractivity contribution in [3.05, 3.63) is 35.9 Å². The number of amides is 2. The number of carbonyl (C=O) groups is 1. The Morgan fingerprint density at radius 1 is 1.25 bits per heavy atom. The highest BCUT2D eigenvalue weighted by Gasteiger charge is 2.14. The lowest BCUT2D eigenvalue weighted by Crippen LogP contribution is -2.41. The zero-order valence-electron chi connectivity index (χ0n) is 14.7. The van der Waals surface area contributed by atoms with Gasteiger partial charge in [0.1, 0.15) is 0 Å². The Morgan fingerprint density at radius 3 is 2.67 bits per heavy atom. The largest absolute Gasteiger partial charge is 0.391 e. The monoisotopic (exact) mass is 333 g/mol. The molecule has 134 valence electrons. The van der Waals surface area contributed by atoms with E-state index in [9.17, 15) is 9.90 Å². The van der Waals surface area contributed by atoms with Gasteiger partial charge in [0.25, 0.3) is 0 Å². The minimum absolute atomic E-state index is 0.200. The molecule has 0 bridgehead atoms. The average molecular weight is 333 g/mol. The highest BCUT2D eigenvalue weighted by molar-refractivity contribution is 5.73. The van der Waals surface area contributed by atoms with Crippen molar-refractivity contribution in [2.75, 3.05) is 32.7 Å². The molecule has 1 aliphatic heterocycles. The second-order valence-corrected chi connectivity index (χ2v) is 6.86. The van der Waals surface area contributed by atoms with Crippen LogP contribution in [0.3, 0.4) is 0 Å². The number of aliphatic hydroxyl groups excluding tert-OH is 1. The smallest absolute Gasteiger partial charge is 0.314 e. The minimum atomic E-state index is -0.562. The second-order valence-electron chi connectivity index (χ2n) is 6.86. The van der Waals surface area contributed by atoms with Crippen LogP contribution in [0.2, 0.25) is 0 Å². The molecular formula is C19H31N3O2. The SMILES string of the molecule is CC1CCN(CCCNC(=O)NCC(O)Cc2ccccc2)CC1. The summed E-state index contributed by atoms with van der Waals surface area (Å²) >= 11 is 0. The van der Waals surface area contributed by atoms with E-state index < -0.39 is 6.10 Å². The Labute approximate surface area is 145 Å². The number of likely N-dealkylation sites (tertiary alicyclic amines) is 1. The van der Waals surface area contributed by atoms with Gasteiger partial charge in [-0.2, -0.15) is 0 Å². The highest BCUT2D eigenvalue weighted by Crippen LogP contribution is 2.15. The van der Waals surface area contributed by atoms with E-state index in [1.54, 1.807) is 0 Å². The molecule has 1 unspecified atom stereocenters. The summed E-state index contributed by atoms with van der Waals surface area (Å²) in [6, 6.07) is 9.60.